The van der Waals surface area contributed by atoms with Crippen LogP contribution in [0.5, 0.6) is 0 Å². The molecule has 2 heterocycles. The van der Waals surface area contributed by atoms with E-state index < -0.39 is 0 Å². The quantitative estimate of drug-likeness (QED) is 0.755. The van der Waals surface area contributed by atoms with Crippen molar-refractivity contribution in [2.45, 2.75) is 39.7 Å². The molecular formula is C19H25N5. The van der Waals surface area contributed by atoms with Crippen molar-refractivity contribution in [1.29, 1.82) is 0 Å². The first-order valence-corrected chi connectivity index (χ1v) is 8.46. The fraction of sp³-hybridized carbons (Fsp3) is 0.421. The fourth-order valence-electron chi connectivity index (χ4n) is 2.78. The second-order valence-corrected chi connectivity index (χ2v) is 6.75. The third-order valence-electron chi connectivity index (χ3n) is 4.19. The van der Waals surface area contributed by atoms with Crippen molar-refractivity contribution < 1.29 is 0 Å². The number of nitrogens with one attached hydrogen (secondary N) is 1. The lowest BCUT2D eigenvalue weighted by atomic mass is 10.2. The number of fused-ring (bicyclic) bond motifs is 1. The predicted octanol–water partition coefficient (Wildman–Crippen LogP) is 3.46. The van der Waals surface area contributed by atoms with Gasteiger partial charge >= 0.3 is 0 Å². The fourth-order valence-corrected chi connectivity index (χ4v) is 2.78. The molecule has 1 aromatic carbocycles. The Labute approximate surface area is 143 Å². The predicted molar refractivity (Wildman–Crippen MR) is 97.0 cm³/mol. The summed E-state index contributed by atoms with van der Waals surface area (Å²) in [5, 5.41) is 0. The Morgan fingerprint density at radius 2 is 1.92 bits per heavy atom. The molecule has 3 rings (SSSR count). The average molecular weight is 323 g/mol. The molecule has 0 aliphatic carbocycles. The molecule has 0 spiro atoms. The summed E-state index contributed by atoms with van der Waals surface area (Å²) in [5.74, 6) is 2.31. The van der Waals surface area contributed by atoms with Crippen LogP contribution >= 0.6 is 0 Å². The molecule has 2 aromatic heterocycles. The molecule has 0 amide bonds. The number of para-hydroxylation sites is 1. The van der Waals surface area contributed by atoms with E-state index in [4.69, 9.17) is 4.98 Å². The number of hydrogen-bond donors (Lipinski definition) is 1. The summed E-state index contributed by atoms with van der Waals surface area (Å²) in [7, 11) is 2.12. The largest absolute Gasteiger partial charge is 0.342 e. The van der Waals surface area contributed by atoms with Gasteiger partial charge in [0.15, 0.2) is 0 Å². The number of imidazole rings is 1. The molecule has 3 aromatic rings. The van der Waals surface area contributed by atoms with Gasteiger partial charge < -0.3 is 9.88 Å². The highest BCUT2D eigenvalue weighted by Gasteiger charge is 2.08. The van der Waals surface area contributed by atoms with E-state index in [0.29, 0.717) is 5.92 Å². The van der Waals surface area contributed by atoms with Crippen LogP contribution in [-0.4, -0.2) is 38.4 Å². The van der Waals surface area contributed by atoms with E-state index in [0.717, 1.165) is 47.8 Å². The minimum atomic E-state index is 0.369. The van der Waals surface area contributed by atoms with Gasteiger partial charge in [-0.05, 0) is 25.6 Å². The van der Waals surface area contributed by atoms with E-state index in [-0.39, 0.29) is 0 Å². The lowest BCUT2D eigenvalue weighted by Gasteiger charge is -2.15. The number of hydrogen-bond acceptors (Lipinski definition) is 4. The summed E-state index contributed by atoms with van der Waals surface area (Å²) in [6.07, 6.45) is 4.77. The normalized spacial score (nSPS) is 11.8. The second-order valence-electron chi connectivity index (χ2n) is 6.75. The van der Waals surface area contributed by atoms with E-state index in [1.807, 2.05) is 12.4 Å². The highest BCUT2D eigenvalue weighted by Crippen LogP contribution is 2.16. The monoisotopic (exact) mass is 323 g/mol. The van der Waals surface area contributed by atoms with Gasteiger partial charge in [0.2, 0.25) is 0 Å². The van der Waals surface area contributed by atoms with E-state index in [9.17, 15) is 0 Å². The molecule has 0 fully saturated rings. The van der Waals surface area contributed by atoms with Gasteiger partial charge in [-0.1, -0.05) is 26.0 Å². The Kier molecular flexibility index (Phi) is 4.90. The summed E-state index contributed by atoms with van der Waals surface area (Å²) in [5.41, 5.74) is 4.55. The van der Waals surface area contributed by atoms with E-state index in [1.54, 1.807) is 0 Å². The van der Waals surface area contributed by atoms with Crippen LogP contribution < -0.4 is 0 Å². The molecule has 0 saturated carbocycles. The number of aromatic amines is 1. The van der Waals surface area contributed by atoms with E-state index in [2.05, 4.69) is 65.9 Å². The SMILES string of the molecule is Cc1cccc2[nH]c(CCN(C)Cc3cnc(C(C)C)nc3)nc12. The van der Waals surface area contributed by atoms with Crippen LogP contribution in [0.1, 0.15) is 42.5 Å². The van der Waals surface area contributed by atoms with Crippen LogP contribution in [0.4, 0.5) is 0 Å². The Hall–Kier alpha value is -2.27. The Morgan fingerprint density at radius 3 is 2.58 bits per heavy atom. The number of likely N-dealkylation sites (N-methyl/N-ethyl adjacent to an activating group) is 1. The number of nitrogens with zero attached hydrogens (tertiary/aromatic N) is 4. The van der Waals surface area contributed by atoms with Crippen molar-refractivity contribution in [3.05, 3.63) is 53.4 Å². The first kappa shape index (κ1) is 16.6. The standard InChI is InChI=1S/C19H25N5/c1-13(2)19-20-10-15(11-21-19)12-24(4)9-8-17-22-16-7-5-6-14(3)18(16)23-17/h5-7,10-11,13H,8-9,12H2,1-4H3,(H,22,23). The average Bonchev–Trinajstić information content (AvgIpc) is 2.98. The van der Waals surface area contributed by atoms with Gasteiger partial charge in [0.1, 0.15) is 11.6 Å². The molecular weight excluding hydrogens is 298 g/mol. The summed E-state index contributed by atoms with van der Waals surface area (Å²) in [6, 6.07) is 6.24. The van der Waals surface area contributed by atoms with Crippen LogP contribution in [0.25, 0.3) is 11.0 Å². The number of aryl methyl sites for hydroxylation is 1. The smallest absolute Gasteiger partial charge is 0.130 e. The maximum absolute atomic E-state index is 4.72. The maximum atomic E-state index is 4.72. The van der Waals surface area contributed by atoms with Crippen molar-refractivity contribution in [3.63, 3.8) is 0 Å². The minimum Gasteiger partial charge on any atom is -0.342 e. The molecule has 0 unspecified atom stereocenters. The molecule has 0 saturated heterocycles. The molecule has 0 atom stereocenters. The van der Waals surface area contributed by atoms with Gasteiger partial charge in [-0.3, -0.25) is 0 Å². The number of rotatable bonds is 6. The molecule has 126 valence electrons. The van der Waals surface area contributed by atoms with Crippen LogP contribution in [0.3, 0.4) is 0 Å². The summed E-state index contributed by atoms with van der Waals surface area (Å²) in [6.45, 7) is 8.09. The number of aromatic nitrogens is 4. The number of benzene rings is 1. The third-order valence-corrected chi connectivity index (χ3v) is 4.19. The molecule has 5 nitrogen and oxygen atoms in total. The second kappa shape index (κ2) is 7.09. The van der Waals surface area contributed by atoms with E-state index in [1.165, 1.54) is 5.56 Å². The highest BCUT2D eigenvalue weighted by molar-refractivity contribution is 5.78. The third kappa shape index (κ3) is 3.79. The van der Waals surface area contributed by atoms with Crippen molar-refractivity contribution in [3.8, 4) is 0 Å². The summed E-state index contributed by atoms with van der Waals surface area (Å²) < 4.78 is 0. The van der Waals surface area contributed by atoms with Gasteiger partial charge in [-0.15, -0.1) is 0 Å². The van der Waals surface area contributed by atoms with Crippen molar-refractivity contribution >= 4 is 11.0 Å². The van der Waals surface area contributed by atoms with Gasteiger partial charge in [-0.2, -0.15) is 0 Å². The lowest BCUT2D eigenvalue weighted by Crippen LogP contribution is -2.21. The number of H-pyrrole nitrogens is 1. The Morgan fingerprint density at radius 1 is 1.17 bits per heavy atom. The summed E-state index contributed by atoms with van der Waals surface area (Å²) >= 11 is 0. The minimum absolute atomic E-state index is 0.369. The van der Waals surface area contributed by atoms with E-state index >= 15 is 0 Å². The van der Waals surface area contributed by atoms with Gasteiger partial charge in [0, 0.05) is 43.4 Å². The molecule has 5 heteroatoms. The maximum Gasteiger partial charge on any atom is 0.130 e. The lowest BCUT2D eigenvalue weighted by molar-refractivity contribution is 0.328. The van der Waals surface area contributed by atoms with Crippen molar-refractivity contribution in [2.24, 2.45) is 0 Å². The molecule has 24 heavy (non-hydrogen) atoms. The molecule has 0 aliphatic rings. The van der Waals surface area contributed by atoms with Crippen LogP contribution in [0, 0.1) is 6.92 Å². The zero-order valence-corrected chi connectivity index (χ0v) is 14.9. The molecule has 1 N–H and O–H groups in total. The van der Waals surface area contributed by atoms with Crippen molar-refractivity contribution in [2.75, 3.05) is 13.6 Å². The Bertz CT molecular complexity index is 804. The topological polar surface area (TPSA) is 57.7 Å². The van der Waals surface area contributed by atoms with Crippen LogP contribution in [-0.2, 0) is 13.0 Å². The molecule has 0 aliphatic heterocycles. The zero-order valence-electron chi connectivity index (χ0n) is 14.9. The Balaban J connectivity index is 1.58. The zero-order chi connectivity index (χ0) is 17.1. The first-order chi connectivity index (χ1) is 11.5. The van der Waals surface area contributed by atoms with Crippen molar-refractivity contribution in [1.82, 2.24) is 24.8 Å². The van der Waals surface area contributed by atoms with Gasteiger partial charge in [0.05, 0.1) is 11.0 Å². The molecule has 0 radical (unpaired) electrons. The van der Waals surface area contributed by atoms with Crippen LogP contribution in [0.15, 0.2) is 30.6 Å². The van der Waals surface area contributed by atoms with Crippen LogP contribution in [0.2, 0.25) is 0 Å². The first-order valence-electron chi connectivity index (χ1n) is 8.46. The van der Waals surface area contributed by atoms with Gasteiger partial charge in [0.25, 0.3) is 0 Å². The molecule has 0 bridgehead atoms. The highest BCUT2D eigenvalue weighted by atomic mass is 15.1. The summed E-state index contributed by atoms with van der Waals surface area (Å²) in [4.78, 5) is 19.3. The van der Waals surface area contributed by atoms with Gasteiger partial charge in [-0.25, -0.2) is 15.0 Å².